The predicted molar refractivity (Wildman–Crippen MR) is 78.9 cm³/mol. The summed E-state index contributed by atoms with van der Waals surface area (Å²) in [6.45, 7) is 0.560. The molecule has 23 heavy (non-hydrogen) atoms. The maximum atomic E-state index is 12.5. The van der Waals surface area contributed by atoms with Crippen LogP contribution >= 0.6 is 0 Å². The summed E-state index contributed by atoms with van der Waals surface area (Å²) in [4.78, 5) is 25.1. The van der Waals surface area contributed by atoms with Crippen LogP contribution in [0.25, 0.3) is 0 Å². The maximum absolute atomic E-state index is 12.5. The Morgan fingerprint density at radius 3 is 2.48 bits per heavy atom. The van der Waals surface area contributed by atoms with Gasteiger partial charge in [-0.3, -0.25) is 4.79 Å². The van der Waals surface area contributed by atoms with Crippen molar-refractivity contribution in [3.05, 3.63) is 29.8 Å². The molecule has 1 aromatic carbocycles. The van der Waals surface area contributed by atoms with E-state index in [-0.39, 0.29) is 17.6 Å². The van der Waals surface area contributed by atoms with Crippen LogP contribution < -0.4 is 10.6 Å². The standard InChI is InChI=1S/C15H18F3N3O2/c1-21-9-8-12(6-7-13(21)22)20-14(23)19-11-4-2-10(3-5-11)15(16,17)18/h2-5,12H,6-9H2,1H3,(H2,19,20,23). The molecule has 1 heterocycles. The van der Waals surface area contributed by atoms with E-state index in [1.165, 1.54) is 12.1 Å². The Morgan fingerprint density at radius 2 is 1.87 bits per heavy atom. The molecule has 0 spiro atoms. The van der Waals surface area contributed by atoms with Crippen LogP contribution in [0, 0.1) is 0 Å². The van der Waals surface area contributed by atoms with Crippen molar-refractivity contribution in [3.8, 4) is 0 Å². The number of alkyl halides is 3. The van der Waals surface area contributed by atoms with Gasteiger partial charge in [-0.25, -0.2) is 4.79 Å². The van der Waals surface area contributed by atoms with E-state index in [4.69, 9.17) is 0 Å². The lowest BCUT2D eigenvalue weighted by atomic mass is 10.1. The molecular weight excluding hydrogens is 311 g/mol. The minimum absolute atomic E-state index is 0.0393. The predicted octanol–water partition coefficient (Wildman–Crippen LogP) is 2.84. The average molecular weight is 329 g/mol. The summed E-state index contributed by atoms with van der Waals surface area (Å²) < 4.78 is 37.4. The summed E-state index contributed by atoms with van der Waals surface area (Å²) in [6.07, 6.45) is -2.85. The molecule has 1 aliphatic heterocycles. The van der Waals surface area contributed by atoms with Crippen LogP contribution in [0.4, 0.5) is 23.7 Å². The van der Waals surface area contributed by atoms with Crippen LogP contribution in [0.2, 0.25) is 0 Å². The Hall–Kier alpha value is -2.25. The molecule has 8 heteroatoms. The number of rotatable bonds is 2. The van der Waals surface area contributed by atoms with E-state index in [1.54, 1.807) is 11.9 Å². The summed E-state index contributed by atoms with van der Waals surface area (Å²) in [7, 11) is 1.72. The number of nitrogens with one attached hydrogen (secondary N) is 2. The van der Waals surface area contributed by atoms with Gasteiger partial charge < -0.3 is 15.5 Å². The minimum atomic E-state index is -4.40. The smallest absolute Gasteiger partial charge is 0.346 e. The number of anilines is 1. The normalized spacial score (nSPS) is 19.2. The van der Waals surface area contributed by atoms with Gasteiger partial charge in [0.15, 0.2) is 0 Å². The number of carbonyl (C=O) groups excluding carboxylic acids is 2. The molecule has 1 aromatic rings. The van der Waals surface area contributed by atoms with Crippen molar-refractivity contribution in [3.63, 3.8) is 0 Å². The van der Waals surface area contributed by atoms with Crippen LogP contribution in [-0.2, 0) is 11.0 Å². The van der Waals surface area contributed by atoms with Crippen molar-refractivity contribution in [2.45, 2.75) is 31.5 Å². The lowest BCUT2D eigenvalue weighted by molar-refractivity contribution is -0.137. The number of halogens is 3. The SMILES string of the molecule is CN1CCC(NC(=O)Nc2ccc(C(F)(F)F)cc2)CCC1=O. The number of urea groups is 1. The highest BCUT2D eigenvalue weighted by atomic mass is 19.4. The molecule has 0 aliphatic carbocycles. The third-order valence-corrected chi connectivity index (χ3v) is 3.75. The maximum Gasteiger partial charge on any atom is 0.416 e. The first-order valence-electron chi connectivity index (χ1n) is 7.24. The second-order valence-corrected chi connectivity index (χ2v) is 5.51. The highest BCUT2D eigenvalue weighted by molar-refractivity contribution is 5.89. The number of hydrogen-bond donors (Lipinski definition) is 2. The number of benzene rings is 1. The fraction of sp³-hybridized carbons (Fsp3) is 0.467. The van der Waals surface area contributed by atoms with E-state index < -0.39 is 17.8 Å². The highest BCUT2D eigenvalue weighted by Gasteiger charge is 2.30. The first-order valence-corrected chi connectivity index (χ1v) is 7.24. The van der Waals surface area contributed by atoms with Gasteiger partial charge in [-0.15, -0.1) is 0 Å². The van der Waals surface area contributed by atoms with E-state index in [1.807, 2.05) is 0 Å². The molecule has 126 valence electrons. The monoisotopic (exact) mass is 329 g/mol. The summed E-state index contributed by atoms with van der Waals surface area (Å²) in [5, 5.41) is 5.24. The molecule has 0 saturated carbocycles. The largest absolute Gasteiger partial charge is 0.416 e. The lowest BCUT2D eigenvalue weighted by Gasteiger charge is -2.17. The third-order valence-electron chi connectivity index (χ3n) is 3.75. The summed E-state index contributed by atoms with van der Waals surface area (Å²) >= 11 is 0. The molecule has 5 nitrogen and oxygen atoms in total. The van der Waals surface area contributed by atoms with Gasteiger partial charge in [0.1, 0.15) is 0 Å². The van der Waals surface area contributed by atoms with E-state index >= 15 is 0 Å². The van der Waals surface area contributed by atoms with E-state index in [0.717, 1.165) is 12.1 Å². The van der Waals surface area contributed by atoms with Crippen LogP contribution in [0.5, 0.6) is 0 Å². The van der Waals surface area contributed by atoms with Gasteiger partial charge in [0.25, 0.3) is 0 Å². The number of carbonyl (C=O) groups is 2. The van der Waals surface area contributed by atoms with Crippen molar-refractivity contribution >= 4 is 17.6 Å². The topological polar surface area (TPSA) is 61.4 Å². The molecule has 2 rings (SSSR count). The zero-order valence-corrected chi connectivity index (χ0v) is 12.6. The molecule has 0 bridgehead atoms. The number of likely N-dealkylation sites (tertiary alicyclic amines) is 1. The van der Waals surface area contributed by atoms with Crippen LogP contribution in [0.1, 0.15) is 24.8 Å². The Morgan fingerprint density at radius 1 is 1.22 bits per heavy atom. The summed E-state index contributed by atoms with van der Waals surface area (Å²) in [5.74, 6) is 0.0393. The fourth-order valence-corrected chi connectivity index (χ4v) is 2.35. The molecule has 1 atom stereocenters. The molecule has 1 fully saturated rings. The molecule has 1 unspecified atom stereocenters. The van der Waals surface area contributed by atoms with Gasteiger partial charge in [0, 0.05) is 31.7 Å². The second kappa shape index (κ2) is 6.89. The summed E-state index contributed by atoms with van der Waals surface area (Å²) in [5.41, 5.74) is -0.494. The van der Waals surface area contributed by atoms with Crippen molar-refractivity contribution in [1.82, 2.24) is 10.2 Å². The molecule has 3 amide bonds. The lowest BCUT2D eigenvalue weighted by Crippen LogP contribution is -2.38. The number of hydrogen-bond acceptors (Lipinski definition) is 2. The van der Waals surface area contributed by atoms with Crippen molar-refractivity contribution in [1.29, 1.82) is 0 Å². The third kappa shape index (κ3) is 4.87. The molecule has 1 saturated heterocycles. The average Bonchev–Trinajstić information content (AvgIpc) is 2.62. The molecule has 2 N–H and O–H groups in total. The fourth-order valence-electron chi connectivity index (χ4n) is 2.35. The minimum Gasteiger partial charge on any atom is -0.346 e. The zero-order chi connectivity index (χ0) is 17.0. The van der Waals surface area contributed by atoms with Gasteiger partial charge in [0.2, 0.25) is 5.91 Å². The van der Waals surface area contributed by atoms with Gasteiger partial charge in [-0.2, -0.15) is 13.2 Å². The van der Waals surface area contributed by atoms with E-state index in [9.17, 15) is 22.8 Å². The zero-order valence-electron chi connectivity index (χ0n) is 12.6. The van der Waals surface area contributed by atoms with Gasteiger partial charge >= 0.3 is 12.2 Å². The molecule has 0 aromatic heterocycles. The Balaban J connectivity index is 1.88. The molecule has 0 radical (unpaired) electrons. The van der Waals surface area contributed by atoms with E-state index in [2.05, 4.69) is 10.6 Å². The van der Waals surface area contributed by atoms with Gasteiger partial charge in [-0.1, -0.05) is 0 Å². The Labute approximate surface area is 131 Å². The first-order chi connectivity index (χ1) is 10.8. The van der Waals surface area contributed by atoms with Crippen molar-refractivity contribution < 1.29 is 22.8 Å². The van der Waals surface area contributed by atoms with Crippen LogP contribution in [-0.4, -0.2) is 36.5 Å². The summed E-state index contributed by atoms with van der Waals surface area (Å²) in [6, 6.07) is 3.59. The van der Waals surface area contributed by atoms with Crippen molar-refractivity contribution in [2.75, 3.05) is 18.9 Å². The quantitative estimate of drug-likeness (QED) is 0.876. The van der Waals surface area contributed by atoms with Gasteiger partial charge in [0.05, 0.1) is 5.56 Å². The number of amides is 3. The Bertz CT molecular complexity index is 572. The first kappa shape index (κ1) is 17.1. The molecular formula is C15H18F3N3O2. The van der Waals surface area contributed by atoms with Crippen LogP contribution in [0.15, 0.2) is 24.3 Å². The van der Waals surface area contributed by atoms with Gasteiger partial charge in [-0.05, 0) is 37.1 Å². The van der Waals surface area contributed by atoms with Crippen LogP contribution in [0.3, 0.4) is 0 Å². The van der Waals surface area contributed by atoms with Crippen molar-refractivity contribution in [2.24, 2.45) is 0 Å². The number of nitrogens with zero attached hydrogens (tertiary/aromatic N) is 1. The van der Waals surface area contributed by atoms with E-state index in [0.29, 0.717) is 25.8 Å². The highest BCUT2D eigenvalue weighted by Crippen LogP contribution is 2.29. The second-order valence-electron chi connectivity index (χ2n) is 5.51. The molecule has 1 aliphatic rings. The Kier molecular flexibility index (Phi) is 5.12.